The zero-order valence-corrected chi connectivity index (χ0v) is 17.9. The average Bonchev–Trinajstić information content (AvgIpc) is 3.03. The number of rotatable bonds is 18. The zero-order chi connectivity index (χ0) is 20.5. The molecule has 0 fully saturated rings. The number of nitrogens with two attached hydrogens (primary N) is 1. The number of carbonyl (C=O) groups excluding carboxylic acids is 1. The van der Waals surface area contributed by atoms with Crippen LogP contribution in [0, 0.1) is 0 Å². The van der Waals surface area contributed by atoms with E-state index in [-0.39, 0.29) is 11.0 Å². The molecule has 0 amide bonds. The minimum absolute atomic E-state index is 0.0720. The fourth-order valence-electron chi connectivity index (χ4n) is 3.80. The number of carboxylic acids is 1. The maximum absolute atomic E-state index is 11.1. The topological polar surface area (TPSA) is 78.5 Å². The smallest absolute Gasteiger partial charge is 0.207 e. The van der Waals surface area contributed by atoms with Gasteiger partial charge in [-0.05, 0) is 32.1 Å². The molecule has 0 bridgehead atoms. The Hall–Kier alpha value is -1.46. The third-order valence-corrected chi connectivity index (χ3v) is 5.44. The molecule has 0 aromatic heterocycles. The summed E-state index contributed by atoms with van der Waals surface area (Å²) in [6, 6.07) is 0. The van der Waals surface area contributed by atoms with Gasteiger partial charge in [0.15, 0.2) is 0 Å². The van der Waals surface area contributed by atoms with E-state index in [1.54, 1.807) is 6.20 Å². The Balaban J connectivity index is 2.07. The van der Waals surface area contributed by atoms with Gasteiger partial charge in [0.25, 0.3) is 0 Å². The average molecular weight is 392 g/mol. The molecule has 0 aromatic carbocycles. The van der Waals surface area contributed by atoms with Crippen molar-refractivity contribution in [3.05, 3.63) is 24.6 Å². The molecule has 160 valence electrons. The van der Waals surface area contributed by atoms with Crippen molar-refractivity contribution in [2.45, 2.75) is 90.4 Å². The molecular formula is C23H41N3O2. The van der Waals surface area contributed by atoms with Crippen molar-refractivity contribution in [2.75, 3.05) is 19.6 Å². The minimum Gasteiger partial charge on any atom is -0.544 e. The van der Waals surface area contributed by atoms with Gasteiger partial charge < -0.3 is 15.6 Å². The van der Waals surface area contributed by atoms with Crippen molar-refractivity contribution in [2.24, 2.45) is 10.7 Å². The molecule has 5 nitrogen and oxygen atoms in total. The van der Waals surface area contributed by atoms with Crippen LogP contribution in [0.25, 0.3) is 0 Å². The lowest BCUT2D eigenvalue weighted by molar-refractivity contribution is -0.780. The molecule has 1 atom stereocenters. The molecule has 28 heavy (non-hydrogen) atoms. The second-order valence-corrected chi connectivity index (χ2v) is 7.90. The largest absolute Gasteiger partial charge is 0.544 e. The SMILES string of the molecule is CCCCCCC/C=C/CCCCCCCC1=NC=C[N+]1(CCN)CC(=O)[O-]. The second kappa shape index (κ2) is 15.5. The van der Waals surface area contributed by atoms with Crippen LogP contribution in [0.2, 0.25) is 0 Å². The molecule has 1 aliphatic rings. The van der Waals surface area contributed by atoms with Gasteiger partial charge in [0.2, 0.25) is 5.84 Å². The van der Waals surface area contributed by atoms with E-state index in [1.807, 2.05) is 6.20 Å². The highest BCUT2D eigenvalue weighted by molar-refractivity contribution is 5.80. The number of quaternary nitrogens is 1. The molecule has 0 radical (unpaired) electrons. The molecule has 0 saturated heterocycles. The van der Waals surface area contributed by atoms with Gasteiger partial charge in [0.05, 0.1) is 12.2 Å². The van der Waals surface area contributed by atoms with Crippen molar-refractivity contribution in [1.29, 1.82) is 0 Å². The summed E-state index contributed by atoms with van der Waals surface area (Å²) in [7, 11) is 0. The summed E-state index contributed by atoms with van der Waals surface area (Å²) in [5.74, 6) is -0.141. The van der Waals surface area contributed by atoms with Crippen LogP contribution in [0.3, 0.4) is 0 Å². The number of carboxylic acid groups (broad SMARTS) is 1. The molecular weight excluding hydrogens is 350 g/mol. The monoisotopic (exact) mass is 391 g/mol. The first-order chi connectivity index (χ1) is 13.6. The highest BCUT2D eigenvalue weighted by Gasteiger charge is 2.34. The number of amidine groups is 1. The predicted molar refractivity (Wildman–Crippen MR) is 115 cm³/mol. The van der Waals surface area contributed by atoms with Crippen LogP contribution >= 0.6 is 0 Å². The summed E-state index contributed by atoms with van der Waals surface area (Å²) in [4.78, 5) is 15.5. The Labute approximate surface area is 172 Å². The van der Waals surface area contributed by atoms with Gasteiger partial charge in [-0.3, -0.25) is 0 Å². The summed E-state index contributed by atoms with van der Waals surface area (Å²) in [5, 5.41) is 11.1. The number of hydrogen-bond donors (Lipinski definition) is 1. The Morgan fingerprint density at radius 2 is 1.64 bits per heavy atom. The standard InChI is InChI=1S/C23H41N3O2/c1-2-3-4-5-6-7-8-9-10-11-12-13-14-15-16-22-25-18-20-26(22,19-17-24)21-23(27)28/h8-9,18,20H,2-7,10-17,19,21,24H2,1H3/b9-8+. The summed E-state index contributed by atoms with van der Waals surface area (Å²) >= 11 is 0. The number of nitrogens with zero attached hydrogens (tertiary/aromatic N) is 2. The van der Waals surface area contributed by atoms with Crippen LogP contribution in [0.1, 0.15) is 90.4 Å². The first-order valence-corrected chi connectivity index (χ1v) is 11.3. The summed E-state index contributed by atoms with van der Waals surface area (Å²) in [6.07, 6.45) is 24.2. The number of aliphatic imine (C=N–C) groups is 1. The first-order valence-electron chi connectivity index (χ1n) is 11.3. The van der Waals surface area contributed by atoms with Crippen molar-refractivity contribution in [3.63, 3.8) is 0 Å². The third-order valence-electron chi connectivity index (χ3n) is 5.44. The van der Waals surface area contributed by atoms with Crippen LogP contribution in [0.4, 0.5) is 0 Å². The molecule has 5 heteroatoms. The highest BCUT2D eigenvalue weighted by atomic mass is 16.4. The summed E-state index contributed by atoms with van der Waals surface area (Å²) in [6.45, 7) is 3.18. The van der Waals surface area contributed by atoms with Crippen molar-refractivity contribution < 1.29 is 14.4 Å². The van der Waals surface area contributed by atoms with Crippen LogP contribution in [0.5, 0.6) is 0 Å². The third kappa shape index (κ3) is 10.2. The Bertz CT molecular complexity index is 514. The number of carbonyl (C=O) groups is 1. The molecule has 0 aromatic rings. The van der Waals surface area contributed by atoms with Gasteiger partial charge in [-0.2, -0.15) is 0 Å². The Morgan fingerprint density at radius 1 is 1.04 bits per heavy atom. The lowest BCUT2D eigenvalue weighted by Crippen LogP contribution is -2.55. The van der Waals surface area contributed by atoms with Crippen molar-refractivity contribution in [3.8, 4) is 0 Å². The van der Waals surface area contributed by atoms with E-state index < -0.39 is 5.97 Å². The van der Waals surface area contributed by atoms with E-state index in [1.165, 1.54) is 64.2 Å². The first kappa shape index (κ1) is 24.6. The zero-order valence-electron chi connectivity index (χ0n) is 17.9. The van der Waals surface area contributed by atoms with E-state index in [0.29, 0.717) is 13.1 Å². The maximum Gasteiger partial charge on any atom is 0.207 e. The van der Waals surface area contributed by atoms with Gasteiger partial charge in [-0.15, -0.1) is 0 Å². The highest BCUT2D eigenvalue weighted by Crippen LogP contribution is 2.21. The van der Waals surface area contributed by atoms with Crippen LogP contribution < -0.4 is 10.8 Å². The second-order valence-electron chi connectivity index (χ2n) is 7.90. The number of allylic oxidation sites excluding steroid dienone is 2. The molecule has 0 spiro atoms. The van der Waals surface area contributed by atoms with Gasteiger partial charge >= 0.3 is 0 Å². The molecule has 1 aliphatic heterocycles. The van der Waals surface area contributed by atoms with Crippen LogP contribution in [0.15, 0.2) is 29.5 Å². The minimum atomic E-state index is -1.05. The fraction of sp³-hybridized carbons (Fsp3) is 0.739. The molecule has 1 rings (SSSR count). The van der Waals surface area contributed by atoms with Gasteiger partial charge in [-0.1, -0.05) is 64.0 Å². The molecule has 1 heterocycles. The number of aliphatic carboxylic acids is 1. The van der Waals surface area contributed by atoms with E-state index >= 15 is 0 Å². The van der Waals surface area contributed by atoms with Crippen molar-refractivity contribution >= 4 is 11.8 Å². The van der Waals surface area contributed by atoms with Crippen LogP contribution in [-0.4, -0.2) is 35.9 Å². The van der Waals surface area contributed by atoms with E-state index in [4.69, 9.17) is 5.73 Å². The summed E-state index contributed by atoms with van der Waals surface area (Å²) < 4.78 is 0.238. The fourth-order valence-corrected chi connectivity index (χ4v) is 3.80. The molecule has 2 N–H and O–H groups in total. The lowest BCUT2D eigenvalue weighted by Gasteiger charge is -2.32. The van der Waals surface area contributed by atoms with E-state index in [9.17, 15) is 9.90 Å². The van der Waals surface area contributed by atoms with Gasteiger partial charge in [0, 0.05) is 13.0 Å². The van der Waals surface area contributed by atoms with Crippen LogP contribution in [-0.2, 0) is 4.79 Å². The van der Waals surface area contributed by atoms with E-state index in [0.717, 1.165) is 25.1 Å². The molecule has 0 saturated carbocycles. The quantitative estimate of drug-likeness (QED) is 0.217. The lowest BCUT2D eigenvalue weighted by atomic mass is 10.1. The maximum atomic E-state index is 11.1. The number of hydrogen-bond acceptors (Lipinski definition) is 4. The number of unbranched alkanes of at least 4 members (excludes halogenated alkanes) is 10. The normalized spacial score (nSPS) is 18.9. The Morgan fingerprint density at radius 3 is 2.25 bits per heavy atom. The molecule has 0 aliphatic carbocycles. The van der Waals surface area contributed by atoms with Gasteiger partial charge in [0.1, 0.15) is 19.3 Å². The summed E-state index contributed by atoms with van der Waals surface area (Å²) in [5.41, 5.74) is 5.69. The molecule has 1 unspecified atom stereocenters. The predicted octanol–water partition coefficient (Wildman–Crippen LogP) is 4.04. The van der Waals surface area contributed by atoms with Crippen molar-refractivity contribution in [1.82, 2.24) is 0 Å². The Kier molecular flexibility index (Phi) is 13.6. The van der Waals surface area contributed by atoms with E-state index in [2.05, 4.69) is 24.1 Å². The van der Waals surface area contributed by atoms with Gasteiger partial charge in [-0.25, -0.2) is 9.48 Å².